The maximum absolute atomic E-state index is 7.17. The van der Waals surface area contributed by atoms with Crippen molar-refractivity contribution in [1.29, 1.82) is 0 Å². The van der Waals surface area contributed by atoms with Crippen LogP contribution in [0.2, 0.25) is 0 Å². The highest BCUT2D eigenvalue weighted by molar-refractivity contribution is 5.93. The highest BCUT2D eigenvalue weighted by Gasteiger charge is 2.61. The molecule has 0 atom stereocenters. The molecular formula is C57H57NO. The van der Waals surface area contributed by atoms with E-state index in [0.717, 1.165) is 29.8 Å². The fourth-order valence-corrected chi connectivity index (χ4v) is 14.1. The normalized spacial score (nSPS) is 26.6. The molecule has 7 aliphatic rings. The van der Waals surface area contributed by atoms with Gasteiger partial charge in [-0.25, -0.2) is 0 Å². The summed E-state index contributed by atoms with van der Waals surface area (Å²) in [7, 11) is 0. The Kier molecular flexibility index (Phi) is 7.44. The Morgan fingerprint density at radius 1 is 0.475 bits per heavy atom. The molecule has 6 aliphatic carbocycles. The van der Waals surface area contributed by atoms with Crippen LogP contribution in [0.3, 0.4) is 0 Å². The van der Waals surface area contributed by atoms with Gasteiger partial charge in [0.25, 0.3) is 0 Å². The maximum atomic E-state index is 7.17. The third-order valence-corrected chi connectivity index (χ3v) is 16.7. The van der Waals surface area contributed by atoms with Crippen molar-refractivity contribution in [2.45, 2.75) is 108 Å². The number of rotatable bonds is 4. The van der Waals surface area contributed by atoms with E-state index in [2.05, 4.69) is 174 Å². The Morgan fingerprint density at radius 3 is 1.88 bits per heavy atom. The Bertz CT molecular complexity index is 2670. The predicted molar refractivity (Wildman–Crippen MR) is 244 cm³/mol. The quantitative estimate of drug-likeness (QED) is 0.177. The number of hydrogen-bond acceptors (Lipinski definition) is 2. The summed E-state index contributed by atoms with van der Waals surface area (Å²) in [4.78, 5) is 2.70. The smallest absolute Gasteiger partial charge is 0.132 e. The van der Waals surface area contributed by atoms with Gasteiger partial charge in [-0.05, 0) is 155 Å². The van der Waals surface area contributed by atoms with Crippen LogP contribution in [0.4, 0.5) is 17.1 Å². The Balaban J connectivity index is 1.18. The van der Waals surface area contributed by atoms with Gasteiger partial charge in [-0.3, -0.25) is 0 Å². The Labute approximate surface area is 351 Å². The molecule has 4 fully saturated rings. The summed E-state index contributed by atoms with van der Waals surface area (Å²) in [5.74, 6) is 5.09. The van der Waals surface area contributed by atoms with Gasteiger partial charge in [0.05, 0.1) is 11.4 Å². The van der Waals surface area contributed by atoms with Gasteiger partial charge in [-0.2, -0.15) is 0 Å². The molecule has 2 nitrogen and oxygen atoms in total. The molecule has 1 aliphatic heterocycles. The summed E-state index contributed by atoms with van der Waals surface area (Å²) in [6, 6.07) is 49.1. The van der Waals surface area contributed by atoms with Gasteiger partial charge in [-0.1, -0.05) is 133 Å². The van der Waals surface area contributed by atoms with E-state index in [1.54, 1.807) is 0 Å². The monoisotopic (exact) mass is 771 g/mol. The van der Waals surface area contributed by atoms with Crippen LogP contribution in [0.15, 0.2) is 127 Å². The average Bonchev–Trinajstić information content (AvgIpc) is 3.46. The number of nitrogens with zero attached hydrogens (tertiary/aromatic N) is 1. The summed E-state index contributed by atoms with van der Waals surface area (Å²) >= 11 is 0. The summed E-state index contributed by atoms with van der Waals surface area (Å²) in [6.07, 6.45) is 9.09. The first-order valence-electron chi connectivity index (χ1n) is 22.6. The van der Waals surface area contributed by atoms with Crippen LogP contribution in [-0.4, -0.2) is 0 Å². The van der Waals surface area contributed by atoms with Crippen molar-refractivity contribution in [2.24, 2.45) is 23.7 Å². The average molecular weight is 772 g/mol. The predicted octanol–water partition coefficient (Wildman–Crippen LogP) is 15.3. The molecule has 0 aromatic heterocycles. The molecule has 0 unspecified atom stereocenters. The van der Waals surface area contributed by atoms with E-state index in [-0.39, 0.29) is 21.7 Å². The molecule has 4 saturated carbocycles. The van der Waals surface area contributed by atoms with Crippen LogP contribution in [0, 0.1) is 23.7 Å². The second-order valence-corrected chi connectivity index (χ2v) is 21.2. The molecule has 296 valence electrons. The van der Waals surface area contributed by atoms with Crippen molar-refractivity contribution in [3.05, 3.63) is 161 Å². The maximum Gasteiger partial charge on any atom is 0.132 e. The largest absolute Gasteiger partial charge is 0.457 e. The number of ether oxygens (including phenoxy) is 1. The molecule has 0 radical (unpaired) electrons. The van der Waals surface area contributed by atoms with Gasteiger partial charge < -0.3 is 9.64 Å². The number of anilines is 3. The van der Waals surface area contributed by atoms with Crippen LogP contribution >= 0.6 is 0 Å². The van der Waals surface area contributed by atoms with E-state index in [4.69, 9.17) is 4.74 Å². The van der Waals surface area contributed by atoms with Crippen LogP contribution in [0.5, 0.6) is 11.5 Å². The first-order chi connectivity index (χ1) is 28.4. The van der Waals surface area contributed by atoms with Gasteiger partial charge in [-0.15, -0.1) is 0 Å². The van der Waals surface area contributed by atoms with Crippen molar-refractivity contribution >= 4 is 17.1 Å². The number of para-hydroxylation sites is 1. The van der Waals surface area contributed by atoms with E-state index in [9.17, 15) is 0 Å². The van der Waals surface area contributed by atoms with E-state index >= 15 is 0 Å². The van der Waals surface area contributed by atoms with Crippen molar-refractivity contribution in [2.75, 3.05) is 4.90 Å². The second kappa shape index (κ2) is 12.2. The molecule has 59 heavy (non-hydrogen) atoms. The molecule has 1 heterocycles. The van der Waals surface area contributed by atoms with E-state index in [1.807, 2.05) is 0 Å². The van der Waals surface area contributed by atoms with E-state index in [1.165, 1.54) is 111 Å². The Hall–Kier alpha value is -5.08. The first kappa shape index (κ1) is 35.8. The van der Waals surface area contributed by atoms with Gasteiger partial charge in [0, 0.05) is 33.2 Å². The van der Waals surface area contributed by atoms with E-state index < -0.39 is 0 Å². The minimum atomic E-state index is -0.120. The number of fused-ring (bicyclic) bond motifs is 6. The second-order valence-electron chi connectivity index (χ2n) is 21.2. The lowest BCUT2D eigenvalue weighted by atomic mass is 9.41. The zero-order valence-electron chi connectivity index (χ0n) is 35.7. The Morgan fingerprint density at radius 2 is 1.12 bits per heavy atom. The van der Waals surface area contributed by atoms with Gasteiger partial charge >= 0.3 is 0 Å². The van der Waals surface area contributed by atoms with Crippen molar-refractivity contribution in [1.82, 2.24) is 0 Å². The van der Waals surface area contributed by atoms with Crippen LogP contribution in [0.25, 0.3) is 22.3 Å². The minimum Gasteiger partial charge on any atom is -0.457 e. The van der Waals surface area contributed by atoms with Crippen LogP contribution in [-0.2, 0) is 21.7 Å². The third kappa shape index (κ3) is 4.92. The van der Waals surface area contributed by atoms with Crippen molar-refractivity contribution in [3.63, 3.8) is 0 Å². The zero-order chi connectivity index (χ0) is 40.1. The fourth-order valence-electron chi connectivity index (χ4n) is 14.1. The van der Waals surface area contributed by atoms with Crippen LogP contribution in [0.1, 0.15) is 120 Å². The fraction of sp³-hybridized carbons (Fsp3) is 0.368. The van der Waals surface area contributed by atoms with Gasteiger partial charge in [0.2, 0.25) is 0 Å². The first-order valence-corrected chi connectivity index (χ1v) is 22.6. The summed E-state index contributed by atoms with van der Waals surface area (Å²) in [5, 5.41) is 0. The molecule has 0 saturated heterocycles. The molecular weight excluding hydrogens is 715 g/mol. The molecule has 6 aromatic carbocycles. The molecule has 0 amide bonds. The highest BCUT2D eigenvalue weighted by Crippen LogP contribution is 2.70. The minimum absolute atomic E-state index is 0.00224. The standard InChI is InChI=1S/C57H57NO/c1-54(2)25-26-55(3,4)53-46(54)20-14-21-49(53)58(40-23-24-42-41-17-10-11-18-44(41)56(5,6)47(42)32-40)50-34-48-52(33-43(50)37-15-8-7-9-16-37)59-51-22-13-12-19-45(51)57(48)38-28-35-27-36(30-38)31-39(57)29-35/h7-24,32-36,38-39H,25-31H2,1-6H3. The molecule has 6 aromatic rings. The van der Waals surface area contributed by atoms with Crippen LogP contribution < -0.4 is 9.64 Å². The third-order valence-electron chi connectivity index (χ3n) is 16.7. The number of hydrogen-bond donors (Lipinski definition) is 0. The molecule has 0 N–H and O–H groups in total. The summed E-state index contributed by atoms with van der Waals surface area (Å²) < 4.78 is 7.17. The topological polar surface area (TPSA) is 12.5 Å². The van der Waals surface area contributed by atoms with Crippen molar-refractivity contribution < 1.29 is 4.74 Å². The lowest BCUT2D eigenvalue weighted by Crippen LogP contribution is -2.57. The lowest BCUT2D eigenvalue weighted by molar-refractivity contribution is -0.0452. The zero-order valence-corrected chi connectivity index (χ0v) is 35.7. The van der Waals surface area contributed by atoms with Crippen molar-refractivity contribution in [3.8, 4) is 33.8 Å². The molecule has 2 heteroatoms. The summed E-state index contributed by atoms with van der Waals surface area (Å²) in [5.41, 5.74) is 17.5. The molecule has 1 spiro atoms. The molecule has 13 rings (SSSR count). The lowest BCUT2D eigenvalue weighted by Gasteiger charge is -2.63. The van der Waals surface area contributed by atoms with E-state index in [0.29, 0.717) is 11.8 Å². The van der Waals surface area contributed by atoms with Gasteiger partial charge in [0.15, 0.2) is 0 Å². The number of benzene rings is 6. The van der Waals surface area contributed by atoms with Gasteiger partial charge in [0.1, 0.15) is 11.5 Å². The SMILES string of the molecule is CC1(C)CCC(C)(C)c2c(N(c3ccc4c(c3)C(C)(C)c3ccccc3-4)c3cc4c(cc3-c3ccccc3)Oc3ccccc3C43C4CC5CC(C4)CC3C5)cccc21. The highest BCUT2D eigenvalue weighted by atomic mass is 16.5. The molecule has 4 bridgehead atoms. The summed E-state index contributed by atoms with van der Waals surface area (Å²) in [6.45, 7) is 14.7.